The van der Waals surface area contributed by atoms with E-state index in [9.17, 15) is 9.59 Å². The smallest absolute Gasteiger partial charge is 0.411 e. The van der Waals surface area contributed by atoms with Gasteiger partial charge in [-0.05, 0) is 40.5 Å². The topological polar surface area (TPSA) is 88.0 Å². The quantitative estimate of drug-likeness (QED) is 0.360. The third-order valence-corrected chi connectivity index (χ3v) is 1.97. The Hall–Kier alpha value is -1.82. The van der Waals surface area contributed by atoms with E-state index < -0.39 is 17.7 Å². The van der Waals surface area contributed by atoms with E-state index in [4.69, 9.17) is 21.4 Å². The molecule has 0 aliphatic carbocycles. The van der Waals surface area contributed by atoms with Crippen molar-refractivity contribution in [1.82, 2.24) is 5.32 Å². The van der Waals surface area contributed by atoms with Gasteiger partial charge in [-0.2, -0.15) is 0 Å². The van der Waals surface area contributed by atoms with Gasteiger partial charge in [-0.3, -0.25) is 10.3 Å². The number of carboxylic acids is 1. The maximum absolute atomic E-state index is 11.5. The number of aliphatic carboxylic acids is 1. The van der Waals surface area contributed by atoms with Gasteiger partial charge in [-0.15, -0.1) is 0 Å². The number of rotatable bonds is 4. The summed E-state index contributed by atoms with van der Waals surface area (Å²) < 4.78 is 5.00. The van der Waals surface area contributed by atoms with Crippen LogP contribution in [0.2, 0.25) is 0 Å². The summed E-state index contributed by atoms with van der Waals surface area (Å²) in [6.07, 6.45) is 0.337. The van der Waals surface area contributed by atoms with Crippen LogP contribution < -0.4 is 5.32 Å². The fourth-order valence-corrected chi connectivity index (χ4v) is 1.13. The van der Waals surface area contributed by atoms with E-state index in [-0.39, 0.29) is 16.4 Å². The molecule has 0 saturated carbocycles. The van der Waals surface area contributed by atoms with Gasteiger partial charge in [0, 0.05) is 5.70 Å². The monoisotopic (exact) mass is 288 g/mol. The summed E-state index contributed by atoms with van der Waals surface area (Å²) in [4.78, 5) is 25.9. The molecule has 0 bridgehead atoms. The lowest BCUT2D eigenvalue weighted by Crippen LogP contribution is -2.32. The summed E-state index contributed by atoms with van der Waals surface area (Å²) in [5.74, 6) is -1.25. The molecule has 0 heterocycles. The van der Waals surface area contributed by atoms with Crippen LogP contribution in [-0.2, 0) is 9.53 Å². The zero-order valence-electron chi connectivity index (χ0n) is 11.3. The Balaban J connectivity index is 5.12. The Morgan fingerprint density at radius 3 is 2.32 bits per heavy atom. The highest BCUT2D eigenvalue weighted by molar-refractivity contribution is 6.30. The van der Waals surface area contributed by atoms with Crippen molar-refractivity contribution in [3.05, 3.63) is 22.5 Å². The van der Waals surface area contributed by atoms with Crippen LogP contribution in [0.1, 0.15) is 27.7 Å². The summed E-state index contributed by atoms with van der Waals surface area (Å²) in [7, 11) is 0. The van der Waals surface area contributed by atoms with Gasteiger partial charge >= 0.3 is 12.1 Å². The largest absolute Gasteiger partial charge is 0.478 e. The van der Waals surface area contributed by atoms with Gasteiger partial charge in [0.1, 0.15) is 10.8 Å². The standard InChI is InChI=1S/C12H17ClN2O4/c1-7(15-11(18)19-12(2,3)4)8(10(16)17)6-9(13)14-5/h6H,5H2,1-4H3,(H,15,18)(H,16,17)/b8-7-,9-6-. The molecule has 6 nitrogen and oxygen atoms in total. The van der Waals surface area contributed by atoms with Gasteiger partial charge < -0.3 is 9.84 Å². The summed E-state index contributed by atoms with van der Waals surface area (Å²) in [5.41, 5.74) is -0.795. The van der Waals surface area contributed by atoms with Crippen LogP contribution >= 0.6 is 11.6 Å². The predicted molar refractivity (Wildman–Crippen MR) is 73.2 cm³/mol. The fraction of sp³-hybridized carbons (Fsp3) is 0.417. The lowest BCUT2D eigenvalue weighted by atomic mass is 10.2. The van der Waals surface area contributed by atoms with E-state index in [0.29, 0.717) is 0 Å². The Kier molecular flexibility index (Phi) is 6.27. The Bertz CT molecular complexity index is 447. The van der Waals surface area contributed by atoms with Gasteiger partial charge in [-0.1, -0.05) is 11.6 Å². The average Bonchev–Trinajstić information content (AvgIpc) is 2.21. The molecule has 2 N–H and O–H groups in total. The van der Waals surface area contributed by atoms with Crippen LogP contribution in [0, 0.1) is 0 Å². The number of alkyl carbamates (subject to hydrolysis) is 1. The van der Waals surface area contributed by atoms with Crippen LogP contribution in [0.5, 0.6) is 0 Å². The molecule has 0 spiro atoms. The third-order valence-electron chi connectivity index (χ3n) is 1.74. The summed E-state index contributed by atoms with van der Waals surface area (Å²) in [5, 5.41) is 11.2. The molecule has 7 heteroatoms. The first-order chi connectivity index (χ1) is 8.56. The average molecular weight is 289 g/mol. The number of amides is 1. The molecule has 0 aromatic rings. The summed E-state index contributed by atoms with van der Waals surface area (Å²) >= 11 is 5.58. The molecule has 106 valence electrons. The van der Waals surface area contributed by atoms with Crippen molar-refractivity contribution in [2.24, 2.45) is 4.99 Å². The number of nitrogens with zero attached hydrogens (tertiary/aromatic N) is 1. The van der Waals surface area contributed by atoms with Crippen LogP contribution in [0.4, 0.5) is 4.79 Å². The lowest BCUT2D eigenvalue weighted by Gasteiger charge is -2.20. The molecular weight excluding hydrogens is 272 g/mol. The van der Waals surface area contributed by atoms with E-state index in [2.05, 4.69) is 17.0 Å². The highest BCUT2D eigenvalue weighted by Crippen LogP contribution is 2.12. The molecule has 1 amide bonds. The molecule has 0 aliphatic rings. The summed E-state index contributed by atoms with van der Waals surface area (Å²) in [6, 6.07) is 0. The molecule has 0 rings (SSSR count). The molecule has 0 aromatic heterocycles. The van der Waals surface area contributed by atoms with Crippen molar-refractivity contribution in [3.63, 3.8) is 0 Å². The van der Waals surface area contributed by atoms with Crippen LogP contribution in [0.25, 0.3) is 0 Å². The zero-order valence-corrected chi connectivity index (χ0v) is 12.0. The minimum atomic E-state index is -1.25. The van der Waals surface area contributed by atoms with E-state index in [1.165, 1.54) is 6.92 Å². The number of carboxylic acid groups (broad SMARTS) is 1. The van der Waals surface area contributed by atoms with E-state index in [0.717, 1.165) is 6.08 Å². The van der Waals surface area contributed by atoms with Crippen LogP contribution in [0.3, 0.4) is 0 Å². The van der Waals surface area contributed by atoms with Gasteiger partial charge in [0.05, 0.1) is 5.57 Å². The number of halogens is 1. The first-order valence-electron chi connectivity index (χ1n) is 5.35. The first-order valence-corrected chi connectivity index (χ1v) is 5.72. The first kappa shape index (κ1) is 17.2. The maximum Gasteiger partial charge on any atom is 0.411 e. The second kappa shape index (κ2) is 6.94. The highest BCUT2D eigenvalue weighted by atomic mass is 35.5. The van der Waals surface area contributed by atoms with Gasteiger partial charge in [0.2, 0.25) is 0 Å². The Labute approximate surface area is 116 Å². The maximum atomic E-state index is 11.5. The normalized spacial score (nSPS) is 13.4. The minimum absolute atomic E-state index is 0.0866. The molecule has 0 radical (unpaired) electrons. The van der Waals surface area contributed by atoms with Gasteiger partial charge in [0.15, 0.2) is 0 Å². The molecule has 0 atom stereocenters. The van der Waals surface area contributed by atoms with E-state index >= 15 is 0 Å². The van der Waals surface area contributed by atoms with Crippen LogP contribution in [-0.4, -0.2) is 29.5 Å². The molecular formula is C12H17ClN2O4. The van der Waals surface area contributed by atoms with E-state index in [1.807, 2.05) is 0 Å². The number of aliphatic imine (C=N–C) groups is 1. The second-order valence-electron chi connectivity index (χ2n) is 4.60. The number of ether oxygens (including phenoxy) is 1. The van der Waals surface area contributed by atoms with Gasteiger partial charge in [-0.25, -0.2) is 9.59 Å². The minimum Gasteiger partial charge on any atom is -0.478 e. The van der Waals surface area contributed by atoms with Crippen molar-refractivity contribution >= 4 is 30.4 Å². The fourth-order valence-electron chi connectivity index (χ4n) is 1.02. The summed E-state index contributed by atoms with van der Waals surface area (Å²) in [6.45, 7) is 9.67. The molecule has 0 aromatic carbocycles. The molecule has 0 aliphatic heterocycles. The third kappa shape index (κ3) is 7.25. The van der Waals surface area contributed by atoms with Crippen molar-refractivity contribution in [1.29, 1.82) is 0 Å². The van der Waals surface area contributed by atoms with Crippen LogP contribution in [0.15, 0.2) is 27.5 Å². The lowest BCUT2D eigenvalue weighted by molar-refractivity contribution is -0.132. The van der Waals surface area contributed by atoms with Crippen molar-refractivity contribution in [3.8, 4) is 0 Å². The van der Waals surface area contributed by atoms with Crippen molar-refractivity contribution < 1.29 is 19.4 Å². The molecule has 0 saturated heterocycles. The van der Waals surface area contributed by atoms with E-state index in [1.54, 1.807) is 20.8 Å². The van der Waals surface area contributed by atoms with Crippen molar-refractivity contribution in [2.75, 3.05) is 0 Å². The number of nitrogens with one attached hydrogen (secondary N) is 1. The SMILES string of the molecule is C=N/C(Cl)=C\C(C(=O)O)=C(/C)NC(=O)OC(C)(C)C. The number of carbonyl (C=O) groups is 2. The zero-order chi connectivity index (χ0) is 15.2. The predicted octanol–water partition coefficient (Wildman–Crippen LogP) is 2.65. The second-order valence-corrected chi connectivity index (χ2v) is 4.98. The number of hydrogen-bond acceptors (Lipinski definition) is 4. The van der Waals surface area contributed by atoms with Crippen molar-refractivity contribution in [2.45, 2.75) is 33.3 Å². The Morgan fingerprint density at radius 2 is 1.95 bits per heavy atom. The highest BCUT2D eigenvalue weighted by Gasteiger charge is 2.18. The van der Waals surface area contributed by atoms with Gasteiger partial charge in [0.25, 0.3) is 0 Å². The molecule has 19 heavy (non-hydrogen) atoms. The molecule has 0 unspecified atom stereocenters. The Morgan fingerprint density at radius 1 is 1.42 bits per heavy atom. The number of carbonyl (C=O) groups excluding carboxylic acids is 1. The number of hydrogen-bond donors (Lipinski definition) is 2. The number of allylic oxidation sites excluding steroid dienone is 1. The molecule has 0 fully saturated rings.